The van der Waals surface area contributed by atoms with E-state index in [0.717, 1.165) is 6.42 Å². The summed E-state index contributed by atoms with van der Waals surface area (Å²) in [4.78, 5) is 0. The van der Waals surface area contributed by atoms with E-state index in [9.17, 15) is 0 Å². The van der Waals surface area contributed by atoms with E-state index in [0.29, 0.717) is 0 Å². The lowest BCUT2D eigenvalue weighted by Gasteiger charge is -2.13. The lowest BCUT2D eigenvalue weighted by atomic mass is 9.90. The highest BCUT2D eigenvalue weighted by Crippen LogP contribution is 2.47. The van der Waals surface area contributed by atoms with Crippen molar-refractivity contribution in [3.05, 3.63) is 193 Å². The molecule has 0 heteroatoms. The maximum absolute atomic E-state index is 2.41. The van der Waals surface area contributed by atoms with Crippen LogP contribution in [-0.4, -0.2) is 0 Å². The third kappa shape index (κ3) is 5.23. The van der Waals surface area contributed by atoms with Gasteiger partial charge in [-0.1, -0.05) is 172 Å². The highest BCUT2D eigenvalue weighted by Gasteiger charge is 2.26. The van der Waals surface area contributed by atoms with Gasteiger partial charge in [-0.3, -0.25) is 0 Å². The molecule has 0 fully saturated rings. The Morgan fingerprint density at radius 1 is 0.255 bits per heavy atom. The highest BCUT2D eigenvalue weighted by molar-refractivity contribution is 6.25. The van der Waals surface area contributed by atoms with Gasteiger partial charge in [-0.15, -0.1) is 0 Å². The van der Waals surface area contributed by atoms with Crippen molar-refractivity contribution in [1.29, 1.82) is 0 Å². The van der Waals surface area contributed by atoms with Crippen molar-refractivity contribution in [1.82, 2.24) is 0 Å². The Kier molecular flexibility index (Phi) is 7.79. The molecule has 0 spiro atoms. The molecule has 0 amide bonds. The average Bonchev–Trinajstić information content (AvgIpc) is 3.61. The Morgan fingerprint density at radius 3 is 1.41 bits per heavy atom. The van der Waals surface area contributed by atoms with Crippen LogP contribution in [0.1, 0.15) is 25.0 Å². The average molecular weight is 651 g/mol. The van der Waals surface area contributed by atoms with Crippen LogP contribution in [0.4, 0.5) is 0 Å². The maximum atomic E-state index is 2.41. The zero-order valence-corrected chi connectivity index (χ0v) is 29.0. The molecule has 9 aromatic carbocycles. The van der Waals surface area contributed by atoms with E-state index < -0.39 is 0 Å². The van der Waals surface area contributed by atoms with Crippen molar-refractivity contribution in [2.45, 2.75) is 20.3 Å². The molecule has 242 valence electrons. The zero-order chi connectivity index (χ0) is 34.3. The van der Waals surface area contributed by atoms with Crippen molar-refractivity contribution in [2.75, 3.05) is 0 Å². The normalized spacial score (nSPS) is 11.6. The van der Waals surface area contributed by atoms with Crippen molar-refractivity contribution in [3.63, 3.8) is 0 Å². The molecule has 1 aliphatic carbocycles. The van der Waals surface area contributed by atoms with Crippen LogP contribution < -0.4 is 0 Å². The van der Waals surface area contributed by atoms with Gasteiger partial charge in [-0.25, -0.2) is 0 Å². The first-order valence-electron chi connectivity index (χ1n) is 18.1. The van der Waals surface area contributed by atoms with E-state index in [4.69, 9.17) is 0 Å². The SMILES string of the molecule is CC.c1ccc(-c2cc(-c3ccccc3)c3c(c2)-c2cccc(-c4cccc(-c5ccc6c7ccccc7c7ccccc7c6c5)c4)c2C3)cc1. The fourth-order valence-electron chi connectivity index (χ4n) is 8.21. The molecule has 0 saturated heterocycles. The van der Waals surface area contributed by atoms with Gasteiger partial charge in [0.15, 0.2) is 0 Å². The summed E-state index contributed by atoms with van der Waals surface area (Å²) in [5.41, 5.74) is 15.7. The summed E-state index contributed by atoms with van der Waals surface area (Å²) >= 11 is 0. The van der Waals surface area contributed by atoms with E-state index in [-0.39, 0.29) is 0 Å². The topological polar surface area (TPSA) is 0 Å². The largest absolute Gasteiger partial charge is 0.0683 e. The van der Waals surface area contributed by atoms with Crippen LogP contribution in [0.2, 0.25) is 0 Å². The molecule has 9 aromatic rings. The first-order valence-corrected chi connectivity index (χ1v) is 18.1. The third-order valence-electron chi connectivity index (χ3n) is 10.5. The molecule has 0 N–H and O–H groups in total. The van der Waals surface area contributed by atoms with Gasteiger partial charge in [0.05, 0.1) is 0 Å². The number of fused-ring (bicyclic) bond motifs is 9. The molecule has 0 radical (unpaired) electrons. The first kappa shape index (κ1) is 30.8. The van der Waals surface area contributed by atoms with Crippen molar-refractivity contribution in [3.8, 4) is 55.6 Å². The molecule has 0 atom stereocenters. The van der Waals surface area contributed by atoms with Gasteiger partial charge in [0.25, 0.3) is 0 Å². The standard InChI is InChI=1S/C49H32.C2H6/c1-3-13-32(14-4-1)37-29-45(33-15-5-2-6-16-33)49-31-48-38(23-12-24-43(48)47(49)30-37)36-18-11-17-34(27-36)35-25-26-44-41-21-8-7-19-39(41)40-20-9-10-22-42(40)46(44)28-35;1-2/h1-30H,31H2;1-2H3. The summed E-state index contributed by atoms with van der Waals surface area (Å²) < 4.78 is 0. The third-order valence-corrected chi connectivity index (χ3v) is 10.5. The van der Waals surface area contributed by atoms with Gasteiger partial charge in [0.1, 0.15) is 0 Å². The minimum Gasteiger partial charge on any atom is -0.0683 e. The van der Waals surface area contributed by atoms with Crippen LogP contribution in [0.3, 0.4) is 0 Å². The summed E-state index contributed by atoms with van der Waals surface area (Å²) in [6, 6.07) is 67.1. The second-order valence-corrected chi connectivity index (χ2v) is 13.2. The predicted octanol–water partition coefficient (Wildman–Crippen LogP) is 14.4. The number of benzene rings is 9. The van der Waals surface area contributed by atoms with E-state index in [1.807, 2.05) is 13.8 Å². The second-order valence-electron chi connectivity index (χ2n) is 13.2. The van der Waals surface area contributed by atoms with Crippen molar-refractivity contribution in [2.24, 2.45) is 0 Å². The molecule has 0 nitrogen and oxygen atoms in total. The molecular formula is C51H38. The molecule has 51 heavy (non-hydrogen) atoms. The van der Waals surface area contributed by atoms with Crippen LogP contribution in [0.25, 0.3) is 88.0 Å². The molecule has 0 aliphatic heterocycles. The van der Waals surface area contributed by atoms with Crippen LogP contribution >= 0.6 is 0 Å². The van der Waals surface area contributed by atoms with E-state index in [1.54, 1.807) is 0 Å². The molecule has 0 aromatic heterocycles. The van der Waals surface area contributed by atoms with Gasteiger partial charge in [0, 0.05) is 0 Å². The Bertz CT molecular complexity index is 2680. The Morgan fingerprint density at radius 2 is 0.725 bits per heavy atom. The summed E-state index contributed by atoms with van der Waals surface area (Å²) in [5, 5.41) is 7.83. The quantitative estimate of drug-likeness (QED) is 0.166. The van der Waals surface area contributed by atoms with E-state index in [1.165, 1.54) is 99.1 Å². The molecule has 0 unspecified atom stereocenters. The number of rotatable bonds is 4. The minimum absolute atomic E-state index is 0.916. The summed E-state index contributed by atoms with van der Waals surface area (Å²) in [7, 11) is 0. The number of hydrogen-bond acceptors (Lipinski definition) is 0. The van der Waals surface area contributed by atoms with Gasteiger partial charge >= 0.3 is 0 Å². The van der Waals surface area contributed by atoms with Crippen LogP contribution in [0, 0.1) is 0 Å². The highest BCUT2D eigenvalue weighted by atomic mass is 14.3. The summed E-state index contributed by atoms with van der Waals surface area (Å²) in [5.74, 6) is 0. The molecule has 10 rings (SSSR count). The Labute approximate surface area is 300 Å². The van der Waals surface area contributed by atoms with E-state index >= 15 is 0 Å². The Balaban J connectivity index is 0.00000171. The lowest BCUT2D eigenvalue weighted by molar-refractivity contribution is 1.26. The maximum Gasteiger partial charge on any atom is -0.000111 e. The fraction of sp³-hybridized carbons (Fsp3) is 0.0588. The van der Waals surface area contributed by atoms with Crippen molar-refractivity contribution >= 4 is 32.3 Å². The zero-order valence-electron chi connectivity index (χ0n) is 29.0. The molecule has 0 heterocycles. The predicted molar refractivity (Wildman–Crippen MR) is 220 cm³/mol. The van der Waals surface area contributed by atoms with Gasteiger partial charge in [-0.05, 0) is 130 Å². The first-order chi connectivity index (χ1) is 25.3. The fourth-order valence-corrected chi connectivity index (χ4v) is 8.21. The summed E-state index contributed by atoms with van der Waals surface area (Å²) in [6.45, 7) is 4.00. The molecule has 0 saturated carbocycles. The number of hydrogen-bond donors (Lipinski definition) is 0. The Hall–Kier alpha value is -6.24. The smallest absolute Gasteiger partial charge is 0.000111 e. The van der Waals surface area contributed by atoms with Gasteiger partial charge in [0.2, 0.25) is 0 Å². The second kappa shape index (κ2) is 12.9. The molecule has 1 aliphatic rings. The minimum atomic E-state index is 0.916. The molecule has 0 bridgehead atoms. The van der Waals surface area contributed by atoms with Crippen molar-refractivity contribution < 1.29 is 0 Å². The molecular weight excluding hydrogens is 613 g/mol. The van der Waals surface area contributed by atoms with Crippen LogP contribution in [-0.2, 0) is 6.42 Å². The van der Waals surface area contributed by atoms with Gasteiger partial charge in [-0.2, -0.15) is 0 Å². The van der Waals surface area contributed by atoms with Crippen LogP contribution in [0.15, 0.2) is 182 Å². The summed E-state index contributed by atoms with van der Waals surface area (Å²) in [6.07, 6.45) is 0.916. The van der Waals surface area contributed by atoms with Crippen LogP contribution in [0.5, 0.6) is 0 Å². The van der Waals surface area contributed by atoms with Gasteiger partial charge < -0.3 is 0 Å². The monoisotopic (exact) mass is 650 g/mol. The lowest BCUT2D eigenvalue weighted by Crippen LogP contribution is -1.91. The van der Waals surface area contributed by atoms with E-state index in [2.05, 4.69) is 182 Å².